The molecule has 28 heavy (non-hydrogen) atoms. The van der Waals surface area contributed by atoms with Crippen LogP contribution >= 0.6 is 34.5 Å². The fourth-order valence-electron chi connectivity index (χ4n) is 2.92. The fourth-order valence-corrected chi connectivity index (χ4v) is 4.20. The highest BCUT2D eigenvalue weighted by atomic mass is 35.5. The fraction of sp³-hybridized carbons (Fsp3) is 0.350. The Bertz CT molecular complexity index is 1070. The molecule has 0 radical (unpaired) electrons. The number of ether oxygens (including phenoxy) is 1. The van der Waals surface area contributed by atoms with Gasteiger partial charge in [0.25, 0.3) is 0 Å². The van der Waals surface area contributed by atoms with Crippen LogP contribution in [0.3, 0.4) is 0 Å². The van der Waals surface area contributed by atoms with Crippen molar-refractivity contribution in [2.45, 2.75) is 13.8 Å². The van der Waals surface area contributed by atoms with Gasteiger partial charge in [0.05, 0.1) is 22.7 Å². The van der Waals surface area contributed by atoms with Gasteiger partial charge < -0.3 is 9.64 Å². The van der Waals surface area contributed by atoms with Gasteiger partial charge in [0.15, 0.2) is 0 Å². The third-order valence-electron chi connectivity index (χ3n) is 4.43. The number of hydrogen-bond donors (Lipinski definition) is 0. The van der Waals surface area contributed by atoms with Gasteiger partial charge in [0.1, 0.15) is 23.6 Å². The van der Waals surface area contributed by atoms with Gasteiger partial charge in [0.2, 0.25) is 0 Å². The third-order valence-corrected chi connectivity index (χ3v) is 5.97. The number of alkyl halides is 1. The van der Waals surface area contributed by atoms with Crippen molar-refractivity contribution in [3.63, 3.8) is 0 Å². The van der Waals surface area contributed by atoms with Gasteiger partial charge in [-0.15, -0.1) is 11.6 Å². The highest BCUT2D eigenvalue weighted by molar-refractivity contribution is 7.16. The van der Waals surface area contributed by atoms with Crippen molar-refractivity contribution < 1.29 is 9.53 Å². The number of halogens is 2. The molecule has 0 aliphatic rings. The molecule has 0 unspecified atom stereocenters. The summed E-state index contributed by atoms with van der Waals surface area (Å²) in [5, 5.41) is 4.96. The molecule has 1 aromatic heterocycles. The minimum atomic E-state index is 0.462. The lowest BCUT2D eigenvalue weighted by Crippen LogP contribution is -2.21. The lowest BCUT2D eigenvalue weighted by Gasteiger charge is -2.21. The molecule has 8 heteroatoms. The maximum Gasteiger partial charge on any atom is 0.465 e. The van der Waals surface area contributed by atoms with E-state index >= 15 is 0 Å². The van der Waals surface area contributed by atoms with E-state index in [0.717, 1.165) is 39.5 Å². The predicted octanol–water partition coefficient (Wildman–Crippen LogP) is 5.25. The summed E-state index contributed by atoms with van der Waals surface area (Å²) in [6.45, 7) is 6.60. The Hall–Kier alpha value is -1.98. The van der Waals surface area contributed by atoms with E-state index in [4.69, 9.17) is 27.9 Å². The summed E-state index contributed by atoms with van der Waals surface area (Å²) < 4.78 is 8.68. The van der Waals surface area contributed by atoms with Crippen LogP contribution in [0, 0.1) is 0 Å². The van der Waals surface area contributed by atoms with Gasteiger partial charge in [-0.1, -0.05) is 16.4 Å². The van der Waals surface area contributed by atoms with E-state index in [9.17, 15) is 0 Å². The average Bonchev–Trinajstić information content (AvgIpc) is 3.02. The summed E-state index contributed by atoms with van der Waals surface area (Å²) in [5.41, 5.74) is 2.81. The van der Waals surface area contributed by atoms with Crippen molar-refractivity contribution in [3.8, 4) is 5.75 Å². The van der Waals surface area contributed by atoms with Crippen LogP contribution in [0.15, 0.2) is 41.5 Å². The quantitative estimate of drug-likeness (QED) is 0.287. The minimum absolute atomic E-state index is 0.462. The van der Waals surface area contributed by atoms with Crippen LogP contribution < -0.4 is 14.4 Å². The van der Waals surface area contributed by atoms with Gasteiger partial charge in [-0.3, -0.25) is 0 Å². The molecule has 1 heterocycles. The molecule has 0 saturated heterocycles. The molecule has 0 spiro atoms. The highest BCUT2D eigenvalue weighted by Gasteiger charge is 2.12. The molecule has 0 saturated carbocycles. The van der Waals surface area contributed by atoms with Gasteiger partial charge in [-0.2, -0.15) is 0 Å². The molecule has 148 valence electrons. The van der Waals surface area contributed by atoms with E-state index in [-0.39, 0.29) is 0 Å². The van der Waals surface area contributed by atoms with Gasteiger partial charge in [-0.05, 0) is 55.5 Å². The Morgan fingerprint density at radius 2 is 1.96 bits per heavy atom. The Labute approximate surface area is 178 Å². The molecule has 0 amide bonds. The number of nitrogens with zero attached hydrogens (tertiary/aromatic N) is 4. The van der Waals surface area contributed by atoms with E-state index in [1.165, 1.54) is 0 Å². The molecule has 3 aromatic rings. The second-order valence-electron chi connectivity index (χ2n) is 6.12. The normalized spacial score (nSPS) is 10.8. The number of hydrogen-bond acceptors (Lipinski definition) is 4. The maximum atomic E-state index is 6.43. The standard InChI is InChI=1S/C20H23Cl2N4OS/c1-4-26(5-2)14-6-8-17(16(22)12-14)23-24-20-25(3)18-9-7-15(27-11-10-21)13-19(18)28-20/h6-9,12-13H,4-5,10-11H2,1-3H3/q+1. The first-order valence-electron chi connectivity index (χ1n) is 9.15. The summed E-state index contributed by atoms with van der Waals surface area (Å²) in [4.78, 5) is 7.45. The molecular weight excluding hydrogens is 415 g/mol. The zero-order valence-electron chi connectivity index (χ0n) is 16.2. The number of rotatable bonds is 7. The molecule has 2 aromatic carbocycles. The molecule has 0 N–H and O–H groups in total. The van der Waals surface area contributed by atoms with Crippen LogP contribution in [0.1, 0.15) is 13.8 Å². The number of benzene rings is 2. The number of fused-ring (bicyclic) bond motifs is 1. The Kier molecular flexibility index (Phi) is 7.03. The first-order chi connectivity index (χ1) is 13.6. The number of aromatic nitrogens is 1. The van der Waals surface area contributed by atoms with Crippen molar-refractivity contribution in [3.05, 3.63) is 46.2 Å². The predicted molar refractivity (Wildman–Crippen MR) is 118 cm³/mol. The average molecular weight is 438 g/mol. The molecule has 0 bridgehead atoms. The topological polar surface area (TPSA) is 43.9 Å². The Morgan fingerprint density at radius 3 is 2.64 bits per heavy atom. The van der Waals surface area contributed by atoms with Gasteiger partial charge in [-0.25, -0.2) is 4.57 Å². The first-order valence-corrected chi connectivity index (χ1v) is 10.9. The SMILES string of the molecule is CCN(CC)c1ccc(N=[N+]=c2sc3cc(OCCCl)ccc3n2C)c(Cl)c1. The number of aryl methyl sites for hydroxylation is 1. The van der Waals surface area contributed by atoms with Crippen LogP contribution in [0.5, 0.6) is 5.75 Å². The Balaban J connectivity index is 1.97. The van der Waals surface area contributed by atoms with Crippen LogP contribution in [0.2, 0.25) is 5.02 Å². The lowest BCUT2D eigenvalue weighted by molar-refractivity contribution is -0.135. The summed E-state index contributed by atoms with van der Waals surface area (Å²) in [6, 6.07) is 11.8. The van der Waals surface area contributed by atoms with Crippen LogP contribution in [0.25, 0.3) is 10.2 Å². The summed E-state index contributed by atoms with van der Waals surface area (Å²) >= 11 is 13.7. The molecule has 0 aliphatic carbocycles. The molecule has 0 fully saturated rings. The molecule has 5 nitrogen and oxygen atoms in total. The van der Waals surface area contributed by atoms with Crippen molar-refractivity contribution in [2.24, 2.45) is 12.2 Å². The maximum absolute atomic E-state index is 6.43. The van der Waals surface area contributed by atoms with Crippen LogP contribution in [-0.4, -0.2) is 34.9 Å². The van der Waals surface area contributed by atoms with Gasteiger partial charge in [0, 0.05) is 30.0 Å². The molecular formula is C20H23Cl2N4OS+. The van der Waals surface area contributed by atoms with E-state index < -0.39 is 0 Å². The first kappa shape index (κ1) is 20.7. The third kappa shape index (κ3) is 4.53. The van der Waals surface area contributed by atoms with Crippen LogP contribution in [0.4, 0.5) is 11.4 Å². The summed E-state index contributed by atoms with van der Waals surface area (Å²) in [6.07, 6.45) is 0. The van der Waals surface area contributed by atoms with Crippen LogP contribution in [-0.2, 0) is 7.05 Å². The highest BCUT2D eigenvalue weighted by Crippen LogP contribution is 2.29. The minimum Gasteiger partial charge on any atom is -0.492 e. The van der Waals surface area contributed by atoms with E-state index in [2.05, 4.69) is 28.7 Å². The Morgan fingerprint density at radius 1 is 1.18 bits per heavy atom. The van der Waals surface area contributed by atoms with E-state index in [0.29, 0.717) is 23.2 Å². The lowest BCUT2D eigenvalue weighted by atomic mass is 10.2. The molecule has 3 rings (SSSR count). The zero-order valence-corrected chi connectivity index (χ0v) is 18.5. The van der Waals surface area contributed by atoms with E-state index in [1.807, 2.05) is 48.0 Å². The zero-order chi connectivity index (χ0) is 20.1. The molecule has 0 aliphatic heterocycles. The van der Waals surface area contributed by atoms with Crippen molar-refractivity contribution in [2.75, 3.05) is 30.5 Å². The second-order valence-corrected chi connectivity index (χ2v) is 7.91. The van der Waals surface area contributed by atoms with Crippen molar-refractivity contribution >= 4 is 56.1 Å². The van der Waals surface area contributed by atoms with Crippen molar-refractivity contribution in [1.29, 1.82) is 0 Å². The van der Waals surface area contributed by atoms with Crippen molar-refractivity contribution in [1.82, 2.24) is 4.57 Å². The largest absolute Gasteiger partial charge is 0.492 e. The van der Waals surface area contributed by atoms with Gasteiger partial charge >= 0.3 is 4.80 Å². The smallest absolute Gasteiger partial charge is 0.465 e. The molecule has 0 atom stereocenters. The number of anilines is 1. The number of thiazole rings is 1. The summed E-state index contributed by atoms with van der Waals surface area (Å²) in [7, 11) is 1.97. The van der Waals surface area contributed by atoms with E-state index in [1.54, 1.807) is 11.3 Å². The monoisotopic (exact) mass is 437 g/mol. The second kappa shape index (κ2) is 9.48. The summed E-state index contributed by atoms with van der Waals surface area (Å²) in [5.74, 6) is 1.26.